The number of hydrogen-bond donors (Lipinski definition) is 2. The van der Waals surface area contributed by atoms with Crippen LogP contribution >= 0.6 is 12.4 Å². The Morgan fingerprint density at radius 2 is 2.32 bits per heavy atom. The zero-order chi connectivity index (χ0) is 12.6. The summed E-state index contributed by atoms with van der Waals surface area (Å²) in [5.74, 6) is 1.76. The normalized spacial score (nSPS) is 18.7. The fourth-order valence-electron chi connectivity index (χ4n) is 2.35. The third-order valence-electron chi connectivity index (χ3n) is 3.37. The van der Waals surface area contributed by atoms with Gasteiger partial charge < -0.3 is 15.4 Å². The number of ether oxygens (including phenoxy) is 1. The van der Waals surface area contributed by atoms with Crippen molar-refractivity contribution < 1.29 is 4.74 Å². The molecule has 0 radical (unpaired) electrons. The molecule has 1 aliphatic rings. The van der Waals surface area contributed by atoms with Crippen LogP contribution in [0, 0.1) is 12.8 Å². The average Bonchev–Trinajstić information content (AvgIpc) is 2.40. The van der Waals surface area contributed by atoms with Crippen molar-refractivity contribution in [3.8, 4) is 5.75 Å². The van der Waals surface area contributed by atoms with Crippen LogP contribution in [0.4, 0.5) is 0 Å². The van der Waals surface area contributed by atoms with E-state index in [1.54, 1.807) is 0 Å². The van der Waals surface area contributed by atoms with Crippen LogP contribution in [-0.2, 0) is 0 Å². The van der Waals surface area contributed by atoms with E-state index in [4.69, 9.17) is 4.74 Å². The number of piperidine rings is 1. The second kappa shape index (κ2) is 9.18. The number of halogens is 1. The van der Waals surface area contributed by atoms with Crippen LogP contribution in [0.3, 0.4) is 0 Å². The molecular formula is C15H25ClN2O. The summed E-state index contributed by atoms with van der Waals surface area (Å²) in [6, 6.07) is 8.20. The van der Waals surface area contributed by atoms with Crippen molar-refractivity contribution in [3.63, 3.8) is 0 Å². The molecule has 1 aliphatic heterocycles. The summed E-state index contributed by atoms with van der Waals surface area (Å²) in [5.41, 5.74) is 1.24. The van der Waals surface area contributed by atoms with Crippen molar-refractivity contribution in [2.75, 3.05) is 32.8 Å². The van der Waals surface area contributed by atoms with E-state index in [9.17, 15) is 0 Å². The smallest absolute Gasteiger partial charge is 0.119 e. The highest BCUT2D eigenvalue weighted by Crippen LogP contribution is 2.12. The molecule has 1 atom stereocenters. The summed E-state index contributed by atoms with van der Waals surface area (Å²) in [5, 5.41) is 6.91. The standard InChI is InChI=1S/C15H24N2O.ClH/c1-13-4-2-6-15(10-13)18-9-8-17-12-14-5-3-7-16-11-14;/h2,4,6,10,14,16-17H,3,5,7-9,11-12H2,1H3;1H. The first-order valence-corrected chi connectivity index (χ1v) is 6.95. The van der Waals surface area contributed by atoms with Gasteiger partial charge in [0, 0.05) is 6.54 Å². The van der Waals surface area contributed by atoms with Crippen LogP contribution in [0.15, 0.2) is 24.3 Å². The predicted octanol–water partition coefficient (Wildman–Crippen LogP) is 2.38. The second-order valence-corrected chi connectivity index (χ2v) is 5.08. The highest BCUT2D eigenvalue weighted by Gasteiger charge is 2.11. The Labute approximate surface area is 122 Å². The maximum atomic E-state index is 5.70. The SMILES string of the molecule is Cc1cccc(OCCNCC2CCCNC2)c1.Cl. The lowest BCUT2D eigenvalue weighted by Gasteiger charge is -2.22. The molecule has 1 fully saturated rings. The van der Waals surface area contributed by atoms with E-state index in [1.807, 2.05) is 12.1 Å². The number of rotatable bonds is 6. The summed E-state index contributed by atoms with van der Waals surface area (Å²) in [6.45, 7) is 7.19. The summed E-state index contributed by atoms with van der Waals surface area (Å²) in [4.78, 5) is 0. The number of benzene rings is 1. The van der Waals surface area contributed by atoms with E-state index < -0.39 is 0 Å². The van der Waals surface area contributed by atoms with Crippen LogP contribution in [0.2, 0.25) is 0 Å². The molecule has 1 aromatic rings. The van der Waals surface area contributed by atoms with E-state index in [-0.39, 0.29) is 12.4 Å². The first kappa shape index (κ1) is 16.3. The lowest BCUT2D eigenvalue weighted by Crippen LogP contribution is -2.37. The zero-order valence-corrected chi connectivity index (χ0v) is 12.5. The molecule has 3 nitrogen and oxygen atoms in total. The van der Waals surface area contributed by atoms with E-state index in [0.717, 1.165) is 37.9 Å². The van der Waals surface area contributed by atoms with Gasteiger partial charge in [-0.25, -0.2) is 0 Å². The number of hydrogen-bond acceptors (Lipinski definition) is 3. The van der Waals surface area contributed by atoms with Crippen LogP contribution < -0.4 is 15.4 Å². The Bertz CT molecular complexity index is 354. The lowest BCUT2D eigenvalue weighted by molar-refractivity contribution is 0.299. The van der Waals surface area contributed by atoms with Gasteiger partial charge in [0.05, 0.1) is 0 Å². The van der Waals surface area contributed by atoms with Crippen LogP contribution in [0.5, 0.6) is 5.75 Å². The molecule has 0 bridgehead atoms. The predicted molar refractivity (Wildman–Crippen MR) is 82.4 cm³/mol. The summed E-state index contributed by atoms with van der Waals surface area (Å²) in [6.07, 6.45) is 2.66. The molecule has 1 unspecified atom stereocenters. The Balaban J connectivity index is 0.00000180. The molecule has 1 saturated heterocycles. The highest BCUT2D eigenvalue weighted by molar-refractivity contribution is 5.85. The number of aryl methyl sites for hydroxylation is 1. The fourth-order valence-corrected chi connectivity index (χ4v) is 2.35. The van der Waals surface area contributed by atoms with E-state index >= 15 is 0 Å². The minimum atomic E-state index is 0. The monoisotopic (exact) mass is 284 g/mol. The third kappa shape index (κ3) is 6.28. The Kier molecular flexibility index (Phi) is 7.87. The molecule has 0 aliphatic carbocycles. The van der Waals surface area contributed by atoms with Crippen molar-refractivity contribution in [1.82, 2.24) is 10.6 Å². The zero-order valence-electron chi connectivity index (χ0n) is 11.7. The largest absolute Gasteiger partial charge is 0.492 e. The number of nitrogens with one attached hydrogen (secondary N) is 2. The quantitative estimate of drug-likeness (QED) is 0.787. The average molecular weight is 285 g/mol. The van der Waals surface area contributed by atoms with Crippen LogP contribution in [0.25, 0.3) is 0 Å². The van der Waals surface area contributed by atoms with Gasteiger partial charge in [0.15, 0.2) is 0 Å². The van der Waals surface area contributed by atoms with Gasteiger partial charge in [-0.15, -0.1) is 12.4 Å². The molecule has 0 spiro atoms. The van der Waals surface area contributed by atoms with Crippen molar-refractivity contribution >= 4 is 12.4 Å². The topological polar surface area (TPSA) is 33.3 Å². The van der Waals surface area contributed by atoms with Gasteiger partial charge in [0.2, 0.25) is 0 Å². The molecule has 19 heavy (non-hydrogen) atoms. The first-order chi connectivity index (χ1) is 8.84. The molecule has 0 aromatic heterocycles. The minimum absolute atomic E-state index is 0. The van der Waals surface area contributed by atoms with Gasteiger partial charge in [-0.2, -0.15) is 0 Å². The van der Waals surface area contributed by atoms with Crippen LogP contribution in [-0.4, -0.2) is 32.8 Å². The molecule has 0 amide bonds. The minimum Gasteiger partial charge on any atom is -0.492 e. The van der Waals surface area contributed by atoms with Gasteiger partial charge in [0.25, 0.3) is 0 Å². The molecule has 2 rings (SSSR count). The molecule has 1 heterocycles. The van der Waals surface area contributed by atoms with E-state index in [1.165, 1.54) is 24.9 Å². The molecule has 2 N–H and O–H groups in total. The van der Waals surface area contributed by atoms with Gasteiger partial charge in [-0.1, -0.05) is 12.1 Å². The second-order valence-electron chi connectivity index (χ2n) is 5.08. The molecule has 108 valence electrons. The van der Waals surface area contributed by atoms with Gasteiger partial charge in [0.1, 0.15) is 12.4 Å². The van der Waals surface area contributed by atoms with E-state index in [0.29, 0.717) is 0 Å². The third-order valence-corrected chi connectivity index (χ3v) is 3.37. The molecule has 0 saturated carbocycles. The van der Waals surface area contributed by atoms with Crippen LogP contribution in [0.1, 0.15) is 18.4 Å². The molecular weight excluding hydrogens is 260 g/mol. The Morgan fingerprint density at radius 1 is 1.42 bits per heavy atom. The fraction of sp³-hybridized carbons (Fsp3) is 0.600. The summed E-state index contributed by atoms with van der Waals surface area (Å²) in [7, 11) is 0. The van der Waals surface area contributed by atoms with Gasteiger partial charge in [-0.3, -0.25) is 0 Å². The van der Waals surface area contributed by atoms with Crippen molar-refractivity contribution in [1.29, 1.82) is 0 Å². The maximum absolute atomic E-state index is 5.70. The van der Waals surface area contributed by atoms with Crippen molar-refractivity contribution in [2.24, 2.45) is 5.92 Å². The van der Waals surface area contributed by atoms with E-state index in [2.05, 4.69) is 29.7 Å². The highest BCUT2D eigenvalue weighted by atomic mass is 35.5. The summed E-state index contributed by atoms with van der Waals surface area (Å²) < 4.78 is 5.70. The maximum Gasteiger partial charge on any atom is 0.119 e. The molecule has 4 heteroatoms. The molecule has 1 aromatic carbocycles. The lowest BCUT2D eigenvalue weighted by atomic mass is 10.00. The van der Waals surface area contributed by atoms with Gasteiger partial charge >= 0.3 is 0 Å². The van der Waals surface area contributed by atoms with Crippen molar-refractivity contribution in [2.45, 2.75) is 19.8 Å². The summed E-state index contributed by atoms with van der Waals surface area (Å²) >= 11 is 0. The Morgan fingerprint density at radius 3 is 3.05 bits per heavy atom. The first-order valence-electron chi connectivity index (χ1n) is 6.95. The Hall–Kier alpha value is -0.770. The van der Waals surface area contributed by atoms with Crippen molar-refractivity contribution in [3.05, 3.63) is 29.8 Å². The van der Waals surface area contributed by atoms with Gasteiger partial charge in [-0.05, 0) is 63.0 Å².